The standard InChI is InChI=1S/C19H15NO3S/c1-2-22-19(21)18-15-5-3-4-6-16(15)23-17(18)12-24-14-9-7-13(11-20)8-10-14/h3-10H,2,12H2,1H3. The Bertz CT molecular complexity index is 907. The fourth-order valence-electron chi connectivity index (χ4n) is 2.40. The monoisotopic (exact) mass is 337 g/mol. The zero-order chi connectivity index (χ0) is 16.9. The van der Waals surface area contributed by atoms with E-state index in [1.807, 2.05) is 36.4 Å². The molecule has 2 aromatic carbocycles. The van der Waals surface area contributed by atoms with Crippen molar-refractivity contribution >= 4 is 28.7 Å². The number of carbonyl (C=O) groups is 1. The first-order valence-electron chi connectivity index (χ1n) is 7.53. The van der Waals surface area contributed by atoms with Crippen LogP contribution < -0.4 is 0 Å². The average Bonchev–Trinajstić information content (AvgIpc) is 2.99. The predicted molar refractivity (Wildman–Crippen MR) is 92.9 cm³/mol. The van der Waals surface area contributed by atoms with E-state index >= 15 is 0 Å². The van der Waals surface area contributed by atoms with Crippen LogP contribution in [0, 0.1) is 11.3 Å². The van der Waals surface area contributed by atoms with E-state index < -0.39 is 0 Å². The molecule has 120 valence electrons. The molecule has 0 bridgehead atoms. The summed E-state index contributed by atoms with van der Waals surface area (Å²) in [4.78, 5) is 13.3. The highest BCUT2D eigenvalue weighted by atomic mass is 32.2. The lowest BCUT2D eigenvalue weighted by molar-refractivity contribution is 0.0526. The maximum Gasteiger partial charge on any atom is 0.342 e. The van der Waals surface area contributed by atoms with E-state index in [4.69, 9.17) is 14.4 Å². The molecule has 0 aliphatic heterocycles. The molecule has 4 nitrogen and oxygen atoms in total. The maximum absolute atomic E-state index is 12.3. The third-order valence-electron chi connectivity index (χ3n) is 3.50. The van der Waals surface area contributed by atoms with Gasteiger partial charge in [0.25, 0.3) is 0 Å². The van der Waals surface area contributed by atoms with Crippen LogP contribution in [0.15, 0.2) is 57.8 Å². The molecule has 0 fully saturated rings. The lowest BCUT2D eigenvalue weighted by Crippen LogP contribution is -2.06. The molecule has 5 heteroatoms. The van der Waals surface area contributed by atoms with Crippen molar-refractivity contribution < 1.29 is 13.9 Å². The highest BCUT2D eigenvalue weighted by Crippen LogP contribution is 2.31. The molecule has 1 heterocycles. The zero-order valence-electron chi connectivity index (χ0n) is 13.1. The first-order chi connectivity index (χ1) is 11.7. The Morgan fingerprint density at radius 2 is 1.96 bits per heavy atom. The molecule has 24 heavy (non-hydrogen) atoms. The molecule has 3 aromatic rings. The van der Waals surface area contributed by atoms with Gasteiger partial charge in [-0.05, 0) is 37.3 Å². The molecule has 1 aromatic heterocycles. The first-order valence-corrected chi connectivity index (χ1v) is 8.52. The summed E-state index contributed by atoms with van der Waals surface area (Å²) in [6, 6.07) is 16.9. The van der Waals surface area contributed by atoms with Gasteiger partial charge in [-0.2, -0.15) is 5.26 Å². The van der Waals surface area contributed by atoms with Crippen molar-refractivity contribution in [2.24, 2.45) is 0 Å². The van der Waals surface area contributed by atoms with E-state index in [1.54, 1.807) is 30.8 Å². The highest BCUT2D eigenvalue weighted by molar-refractivity contribution is 7.98. The fourth-order valence-corrected chi connectivity index (χ4v) is 3.23. The highest BCUT2D eigenvalue weighted by Gasteiger charge is 2.21. The number of benzene rings is 2. The van der Waals surface area contributed by atoms with Gasteiger partial charge in [0, 0.05) is 10.3 Å². The van der Waals surface area contributed by atoms with Gasteiger partial charge in [-0.3, -0.25) is 0 Å². The van der Waals surface area contributed by atoms with E-state index in [-0.39, 0.29) is 5.97 Å². The number of carbonyl (C=O) groups excluding carboxylic acids is 1. The summed E-state index contributed by atoms with van der Waals surface area (Å²) in [5.41, 5.74) is 1.79. The van der Waals surface area contributed by atoms with Crippen LogP contribution in [0.3, 0.4) is 0 Å². The lowest BCUT2D eigenvalue weighted by atomic mass is 10.1. The normalized spacial score (nSPS) is 10.5. The second kappa shape index (κ2) is 7.24. The van der Waals surface area contributed by atoms with Crippen molar-refractivity contribution in [3.05, 3.63) is 65.4 Å². The molecule has 0 radical (unpaired) electrons. The van der Waals surface area contributed by atoms with Crippen molar-refractivity contribution in [2.75, 3.05) is 6.61 Å². The number of para-hydroxylation sites is 1. The Balaban J connectivity index is 1.89. The summed E-state index contributed by atoms with van der Waals surface area (Å²) in [6.07, 6.45) is 0. The predicted octanol–water partition coefficient (Wildman–Crippen LogP) is 4.77. The molecular formula is C19H15NO3S. The van der Waals surface area contributed by atoms with Crippen molar-refractivity contribution in [1.82, 2.24) is 0 Å². The Morgan fingerprint density at radius 1 is 1.21 bits per heavy atom. The van der Waals surface area contributed by atoms with Gasteiger partial charge in [0.05, 0.1) is 24.0 Å². The molecule has 0 N–H and O–H groups in total. The van der Waals surface area contributed by atoms with Crippen molar-refractivity contribution in [3.8, 4) is 6.07 Å². The third-order valence-corrected chi connectivity index (χ3v) is 4.51. The van der Waals surface area contributed by atoms with Gasteiger partial charge in [-0.25, -0.2) is 4.79 Å². The van der Waals surface area contributed by atoms with Crippen LogP contribution in [-0.2, 0) is 10.5 Å². The molecule has 0 aliphatic rings. The lowest BCUT2D eigenvalue weighted by Gasteiger charge is -2.04. The number of furan rings is 1. The molecule has 0 amide bonds. The topological polar surface area (TPSA) is 63.2 Å². The Labute approximate surface area is 144 Å². The number of ether oxygens (including phenoxy) is 1. The minimum Gasteiger partial charge on any atom is -0.462 e. The number of thioether (sulfide) groups is 1. The molecule has 3 rings (SSSR count). The Kier molecular flexibility index (Phi) is 4.88. The van der Waals surface area contributed by atoms with Crippen molar-refractivity contribution in [3.63, 3.8) is 0 Å². The van der Waals surface area contributed by atoms with Crippen LogP contribution in [0.1, 0.15) is 28.6 Å². The number of hydrogen-bond acceptors (Lipinski definition) is 5. The van der Waals surface area contributed by atoms with Crippen LogP contribution in [-0.4, -0.2) is 12.6 Å². The van der Waals surface area contributed by atoms with Gasteiger partial charge < -0.3 is 9.15 Å². The molecule has 0 saturated carbocycles. The van der Waals surface area contributed by atoms with Gasteiger partial charge in [0.1, 0.15) is 16.9 Å². The fraction of sp³-hybridized carbons (Fsp3) is 0.158. The molecule has 0 unspecified atom stereocenters. The minimum absolute atomic E-state index is 0.320. The summed E-state index contributed by atoms with van der Waals surface area (Å²) in [5.74, 6) is 0.747. The molecule has 0 saturated heterocycles. The number of rotatable bonds is 5. The van der Waals surface area contributed by atoms with Crippen molar-refractivity contribution in [1.29, 1.82) is 5.26 Å². The number of fused-ring (bicyclic) bond motifs is 1. The Hall–Kier alpha value is -2.71. The number of hydrogen-bond donors (Lipinski definition) is 0. The van der Waals surface area contributed by atoms with Gasteiger partial charge in [-0.15, -0.1) is 11.8 Å². The quantitative estimate of drug-likeness (QED) is 0.495. The van der Waals surface area contributed by atoms with Crippen LogP contribution in [0.4, 0.5) is 0 Å². The SMILES string of the molecule is CCOC(=O)c1c(CSc2ccc(C#N)cc2)oc2ccccc12. The van der Waals surface area contributed by atoms with Crippen LogP contribution >= 0.6 is 11.8 Å². The van der Waals surface area contributed by atoms with Gasteiger partial charge in [0.15, 0.2) is 0 Å². The molecule has 0 aliphatic carbocycles. The first kappa shape index (κ1) is 16.2. The maximum atomic E-state index is 12.3. The van der Waals surface area contributed by atoms with Crippen LogP contribution in [0.5, 0.6) is 0 Å². The van der Waals surface area contributed by atoms with Gasteiger partial charge >= 0.3 is 5.97 Å². The second-order valence-corrected chi connectivity index (χ2v) is 6.09. The van der Waals surface area contributed by atoms with E-state index in [2.05, 4.69) is 6.07 Å². The summed E-state index contributed by atoms with van der Waals surface area (Å²) < 4.78 is 11.0. The van der Waals surface area contributed by atoms with E-state index in [1.165, 1.54) is 0 Å². The molecule has 0 atom stereocenters. The summed E-state index contributed by atoms with van der Waals surface area (Å²) >= 11 is 1.55. The molecular weight excluding hydrogens is 322 g/mol. The van der Waals surface area contributed by atoms with Crippen LogP contribution in [0.25, 0.3) is 11.0 Å². The molecule has 0 spiro atoms. The van der Waals surface area contributed by atoms with Crippen molar-refractivity contribution in [2.45, 2.75) is 17.6 Å². The van der Waals surface area contributed by atoms with Gasteiger partial charge in [0.2, 0.25) is 0 Å². The number of esters is 1. The minimum atomic E-state index is -0.363. The smallest absolute Gasteiger partial charge is 0.342 e. The largest absolute Gasteiger partial charge is 0.462 e. The van der Waals surface area contributed by atoms with Crippen LogP contribution in [0.2, 0.25) is 0 Å². The zero-order valence-corrected chi connectivity index (χ0v) is 13.9. The third kappa shape index (κ3) is 3.29. The Morgan fingerprint density at radius 3 is 2.67 bits per heavy atom. The second-order valence-electron chi connectivity index (χ2n) is 5.04. The van der Waals surface area contributed by atoms with E-state index in [0.717, 1.165) is 10.3 Å². The summed E-state index contributed by atoms with van der Waals surface area (Å²) in [5, 5.41) is 9.61. The van der Waals surface area contributed by atoms with E-state index in [0.29, 0.717) is 34.8 Å². The number of nitrogens with zero attached hydrogens (tertiary/aromatic N) is 1. The summed E-state index contributed by atoms with van der Waals surface area (Å²) in [7, 11) is 0. The summed E-state index contributed by atoms with van der Waals surface area (Å²) in [6.45, 7) is 2.10. The average molecular weight is 337 g/mol. The van der Waals surface area contributed by atoms with Gasteiger partial charge in [-0.1, -0.05) is 18.2 Å². The number of nitriles is 1. The van der Waals surface area contributed by atoms with E-state index in [9.17, 15) is 4.79 Å².